The van der Waals surface area contributed by atoms with Gasteiger partial charge in [-0.2, -0.15) is 0 Å². The van der Waals surface area contributed by atoms with Crippen LogP contribution in [-0.2, 0) is 4.84 Å². The van der Waals surface area contributed by atoms with Gasteiger partial charge < -0.3 is 4.84 Å². The summed E-state index contributed by atoms with van der Waals surface area (Å²) in [6.07, 6.45) is 0.823. The molecular weight excluding hydrogens is 182 g/mol. The maximum Gasteiger partial charge on any atom is 0.376 e. The molecule has 0 aromatic heterocycles. The number of hydrogen-bond donors (Lipinski definition) is 2. The van der Waals surface area contributed by atoms with Gasteiger partial charge in [-0.25, -0.2) is 10.6 Å². The van der Waals surface area contributed by atoms with Crippen molar-refractivity contribution in [3.63, 3.8) is 0 Å². The average Bonchev–Trinajstić information content (AvgIpc) is 1.98. The van der Waals surface area contributed by atoms with Crippen LogP contribution in [0.5, 0.6) is 0 Å². The molecule has 0 aliphatic heterocycles. The molecule has 60 valence electrons. The standard InChI is InChI=1S/C4H10N4O2.2Na/c1-2-3-10-8-7-4(9)6-5;;/h2-3,5H2,1H3,(H,6,9);;. The summed E-state index contributed by atoms with van der Waals surface area (Å²) in [4.78, 5) is 14.7. The molecule has 0 aliphatic rings. The number of carbonyl (C=O) groups is 1. The fraction of sp³-hybridized carbons (Fsp3) is 0.750. The zero-order valence-electron chi connectivity index (χ0n) is 7.70. The molecule has 2 radical (unpaired) electrons. The van der Waals surface area contributed by atoms with Crippen LogP contribution in [0, 0.1) is 0 Å². The SMILES string of the molecule is CCCON=NC(=O)NN.[Na].[Na]. The second-order valence-electron chi connectivity index (χ2n) is 1.46. The van der Waals surface area contributed by atoms with Crippen molar-refractivity contribution >= 4 is 65.1 Å². The van der Waals surface area contributed by atoms with Crippen LogP contribution >= 0.6 is 0 Å². The van der Waals surface area contributed by atoms with Crippen molar-refractivity contribution in [2.24, 2.45) is 16.2 Å². The van der Waals surface area contributed by atoms with E-state index in [0.717, 1.165) is 6.42 Å². The molecule has 0 bridgehead atoms. The first-order valence-electron chi connectivity index (χ1n) is 2.84. The monoisotopic (exact) mass is 192 g/mol. The molecule has 0 aromatic carbocycles. The first-order valence-corrected chi connectivity index (χ1v) is 2.84. The van der Waals surface area contributed by atoms with Crippen molar-refractivity contribution in [1.82, 2.24) is 5.43 Å². The predicted molar refractivity (Wildman–Crippen MR) is 45.3 cm³/mol. The molecule has 0 saturated heterocycles. The fourth-order valence-corrected chi connectivity index (χ4v) is 0.227. The molecule has 0 fully saturated rings. The van der Waals surface area contributed by atoms with E-state index in [9.17, 15) is 4.79 Å². The second kappa shape index (κ2) is 14.4. The Balaban J connectivity index is -0.000000405. The van der Waals surface area contributed by atoms with Crippen LogP contribution in [-0.4, -0.2) is 71.8 Å². The topological polar surface area (TPSA) is 89.1 Å². The minimum atomic E-state index is -0.726. The van der Waals surface area contributed by atoms with Gasteiger partial charge in [-0.15, -0.1) is 0 Å². The van der Waals surface area contributed by atoms with E-state index >= 15 is 0 Å². The third-order valence-electron chi connectivity index (χ3n) is 0.608. The van der Waals surface area contributed by atoms with Crippen molar-refractivity contribution in [3.8, 4) is 0 Å². The summed E-state index contributed by atoms with van der Waals surface area (Å²) in [5.74, 6) is 4.68. The third-order valence-corrected chi connectivity index (χ3v) is 0.608. The van der Waals surface area contributed by atoms with Crippen LogP contribution in [0.1, 0.15) is 13.3 Å². The number of urea groups is 1. The summed E-state index contributed by atoms with van der Waals surface area (Å²) in [5, 5.41) is 6.07. The Hall–Kier alpha value is 0.830. The van der Waals surface area contributed by atoms with Gasteiger partial charge in [-0.05, 0) is 6.42 Å². The van der Waals surface area contributed by atoms with Crippen LogP contribution in [0.25, 0.3) is 0 Å². The smallest absolute Gasteiger partial charge is 0.376 e. The number of hydrogen-bond acceptors (Lipinski definition) is 4. The Morgan fingerprint density at radius 3 is 2.58 bits per heavy atom. The van der Waals surface area contributed by atoms with Crippen molar-refractivity contribution < 1.29 is 9.63 Å². The van der Waals surface area contributed by atoms with Crippen molar-refractivity contribution in [2.75, 3.05) is 6.61 Å². The summed E-state index contributed by atoms with van der Waals surface area (Å²) >= 11 is 0. The average molecular weight is 192 g/mol. The molecule has 0 unspecified atom stereocenters. The molecule has 0 saturated carbocycles. The van der Waals surface area contributed by atoms with E-state index in [2.05, 4.69) is 21.1 Å². The van der Waals surface area contributed by atoms with E-state index in [1.54, 1.807) is 5.43 Å². The second-order valence-corrected chi connectivity index (χ2v) is 1.46. The largest absolute Gasteiger partial charge is 0.379 e. The molecule has 2 amide bonds. The first kappa shape index (κ1) is 18.6. The number of nitrogens with zero attached hydrogens (tertiary/aromatic N) is 2. The summed E-state index contributed by atoms with van der Waals surface area (Å²) in [6.45, 7) is 2.36. The zero-order chi connectivity index (χ0) is 7.82. The van der Waals surface area contributed by atoms with Gasteiger partial charge >= 0.3 is 6.03 Å². The summed E-state index contributed by atoms with van der Waals surface area (Å²) in [5.41, 5.74) is 1.76. The molecule has 12 heavy (non-hydrogen) atoms. The fourth-order valence-electron chi connectivity index (χ4n) is 0.227. The first-order chi connectivity index (χ1) is 4.81. The van der Waals surface area contributed by atoms with Crippen molar-refractivity contribution in [1.29, 1.82) is 0 Å². The Bertz CT molecular complexity index is 132. The molecule has 0 spiro atoms. The van der Waals surface area contributed by atoms with E-state index in [-0.39, 0.29) is 59.1 Å². The van der Waals surface area contributed by atoms with Crippen molar-refractivity contribution in [3.05, 3.63) is 0 Å². The number of nitrogens with one attached hydrogen (secondary N) is 1. The normalized spacial score (nSPS) is 8.17. The zero-order valence-corrected chi connectivity index (χ0v) is 11.7. The third kappa shape index (κ3) is 13.4. The van der Waals surface area contributed by atoms with Crippen LogP contribution in [0.15, 0.2) is 10.4 Å². The Kier molecular flexibility index (Phi) is 22.2. The van der Waals surface area contributed by atoms with Crippen LogP contribution in [0.2, 0.25) is 0 Å². The Morgan fingerprint density at radius 2 is 2.17 bits per heavy atom. The van der Waals surface area contributed by atoms with Gasteiger partial charge in [0, 0.05) is 64.4 Å². The van der Waals surface area contributed by atoms with Crippen LogP contribution in [0.3, 0.4) is 0 Å². The number of carbonyl (C=O) groups excluding carboxylic acids is 1. The Morgan fingerprint density at radius 1 is 1.58 bits per heavy atom. The molecular formula is C4H10N4Na2O2. The number of hydrazine groups is 1. The van der Waals surface area contributed by atoms with Crippen LogP contribution in [0.4, 0.5) is 4.79 Å². The van der Waals surface area contributed by atoms with Crippen molar-refractivity contribution in [2.45, 2.75) is 13.3 Å². The molecule has 0 atom stereocenters. The molecule has 0 rings (SSSR count). The number of nitrogens with two attached hydrogens (primary N) is 1. The summed E-state index contributed by atoms with van der Waals surface area (Å²) in [6, 6.07) is -0.726. The van der Waals surface area contributed by atoms with Gasteiger partial charge in [0.25, 0.3) is 0 Å². The van der Waals surface area contributed by atoms with Gasteiger partial charge in [0.15, 0.2) is 0 Å². The van der Waals surface area contributed by atoms with E-state index in [4.69, 9.17) is 0 Å². The molecule has 0 aromatic rings. The molecule has 8 heteroatoms. The minimum Gasteiger partial charge on any atom is -0.379 e. The maximum atomic E-state index is 10.2. The Labute approximate surface area is 115 Å². The van der Waals surface area contributed by atoms with Gasteiger partial charge in [-0.3, -0.25) is 5.43 Å². The molecule has 0 aliphatic carbocycles. The van der Waals surface area contributed by atoms with E-state index in [1.165, 1.54) is 0 Å². The van der Waals surface area contributed by atoms with Crippen LogP contribution < -0.4 is 11.3 Å². The number of amides is 2. The molecule has 6 nitrogen and oxygen atoms in total. The van der Waals surface area contributed by atoms with Gasteiger partial charge in [0.1, 0.15) is 6.61 Å². The molecule has 0 heterocycles. The van der Waals surface area contributed by atoms with E-state index in [0.29, 0.717) is 6.61 Å². The van der Waals surface area contributed by atoms with Gasteiger partial charge in [0.05, 0.1) is 0 Å². The predicted octanol–water partition coefficient (Wildman–Crippen LogP) is -0.398. The summed E-state index contributed by atoms with van der Waals surface area (Å²) in [7, 11) is 0. The summed E-state index contributed by atoms with van der Waals surface area (Å²) < 4.78 is 0. The van der Waals surface area contributed by atoms with Gasteiger partial charge in [-0.1, -0.05) is 12.0 Å². The maximum absolute atomic E-state index is 10.2. The van der Waals surface area contributed by atoms with E-state index in [1.807, 2.05) is 6.92 Å². The minimum absolute atomic E-state index is 0. The van der Waals surface area contributed by atoms with E-state index < -0.39 is 6.03 Å². The van der Waals surface area contributed by atoms with Gasteiger partial charge in [0.2, 0.25) is 0 Å². The number of rotatable bonds is 3. The quantitative estimate of drug-likeness (QED) is 0.159. The molecule has 3 N–H and O–H groups in total.